The minimum atomic E-state index is -0.884. The molecule has 2 aliphatic rings. The summed E-state index contributed by atoms with van der Waals surface area (Å²) in [4.78, 5) is 24.9. The Morgan fingerprint density at radius 2 is 1.73 bits per heavy atom. The average molecular weight is 300 g/mol. The van der Waals surface area contributed by atoms with E-state index in [4.69, 9.17) is 0 Å². The van der Waals surface area contributed by atoms with Gasteiger partial charge in [-0.25, -0.2) is 0 Å². The lowest BCUT2D eigenvalue weighted by Gasteiger charge is -2.47. The molecule has 0 amide bonds. The lowest BCUT2D eigenvalue weighted by atomic mass is 9.54. The highest BCUT2D eigenvalue weighted by atomic mass is 16.3. The first-order valence-corrected chi connectivity index (χ1v) is 7.47. The van der Waals surface area contributed by atoms with Crippen LogP contribution in [-0.4, -0.2) is 21.8 Å². The zero-order chi connectivity index (χ0) is 16.4. The van der Waals surface area contributed by atoms with Crippen LogP contribution >= 0.6 is 0 Å². The molecule has 0 aliphatic heterocycles. The smallest absolute Gasteiger partial charge is 0.227 e. The predicted molar refractivity (Wildman–Crippen MR) is 82.2 cm³/mol. The highest BCUT2D eigenvalue weighted by Crippen LogP contribution is 2.55. The van der Waals surface area contributed by atoms with Crippen LogP contribution in [0.3, 0.4) is 0 Å². The molecule has 1 aromatic rings. The molecule has 4 heteroatoms. The molecular formula is C18H20O4. The zero-order valence-electron chi connectivity index (χ0n) is 13.3. The number of ketones is 2. The average Bonchev–Trinajstić information content (AvgIpc) is 2.43. The van der Waals surface area contributed by atoms with E-state index in [1.807, 2.05) is 6.92 Å². The van der Waals surface area contributed by atoms with Crippen molar-refractivity contribution in [3.63, 3.8) is 0 Å². The normalized spacial score (nSPS) is 26.7. The summed E-state index contributed by atoms with van der Waals surface area (Å²) in [6, 6.07) is 3.23. The van der Waals surface area contributed by atoms with Crippen molar-refractivity contribution in [3.05, 3.63) is 40.2 Å². The maximum atomic E-state index is 12.6. The molecule has 0 unspecified atom stereocenters. The third-order valence-corrected chi connectivity index (χ3v) is 5.35. The summed E-state index contributed by atoms with van der Waals surface area (Å²) < 4.78 is 0. The van der Waals surface area contributed by atoms with E-state index < -0.39 is 16.6 Å². The number of benzene rings is 1. The van der Waals surface area contributed by atoms with E-state index in [9.17, 15) is 19.8 Å². The van der Waals surface area contributed by atoms with Crippen LogP contribution in [0, 0.1) is 12.3 Å². The Morgan fingerprint density at radius 1 is 1.09 bits per heavy atom. The van der Waals surface area contributed by atoms with Crippen molar-refractivity contribution in [2.45, 2.75) is 46.0 Å². The largest absolute Gasteiger partial charge is 0.508 e. The van der Waals surface area contributed by atoms with E-state index in [2.05, 4.69) is 0 Å². The van der Waals surface area contributed by atoms with Gasteiger partial charge in [0.1, 0.15) is 11.5 Å². The number of aromatic hydroxyl groups is 1. The number of phenolic OH excluding ortho intramolecular Hbond substituents is 1. The number of aliphatic hydroxyl groups is 1. The fraction of sp³-hybridized carbons (Fsp3) is 0.444. The zero-order valence-corrected chi connectivity index (χ0v) is 13.3. The van der Waals surface area contributed by atoms with Gasteiger partial charge in [-0.2, -0.15) is 0 Å². The molecule has 0 bridgehead atoms. The number of allylic oxidation sites excluding steroid dienone is 2. The van der Waals surface area contributed by atoms with Crippen molar-refractivity contribution < 1.29 is 19.8 Å². The molecule has 116 valence electrons. The number of carbonyl (C=O) groups excluding carboxylic acids is 2. The van der Waals surface area contributed by atoms with Crippen LogP contribution in [0.2, 0.25) is 0 Å². The van der Waals surface area contributed by atoms with E-state index >= 15 is 0 Å². The second-order valence-electron chi connectivity index (χ2n) is 7.12. The first-order chi connectivity index (χ1) is 10.1. The second-order valence-corrected chi connectivity index (χ2v) is 7.12. The van der Waals surface area contributed by atoms with E-state index in [1.54, 1.807) is 32.9 Å². The van der Waals surface area contributed by atoms with Crippen molar-refractivity contribution in [1.82, 2.24) is 0 Å². The monoisotopic (exact) mass is 300 g/mol. The summed E-state index contributed by atoms with van der Waals surface area (Å²) >= 11 is 0. The fourth-order valence-electron chi connectivity index (χ4n) is 4.04. The van der Waals surface area contributed by atoms with Gasteiger partial charge in [-0.3, -0.25) is 9.59 Å². The summed E-state index contributed by atoms with van der Waals surface area (Å²) in [5.74, 6) is -0.617. The van der Waals surface area contributed by atoms with Crippen LogP contribution in [-0.2, 0) is 10.2 Å². The molecule has 3 rings (SSSR count). The van der Waals surface area contributed by atoms with Gasteiger partial charge in [0.15, 0.2) is 5.76 Å². The van der Waals surface area contributed by atoms with Crippen LogP contribution in [0.5, 0.6) is 5.75 Å². The number of phenols is 1. The van der Waals surface area contributed by atoms with Crippen molar-refractivity contribution in [2.75, 3.05) is 0 Å². The molecule has 0 heterocycles. The molecular weight excluding hydrogens is 280 g/mol. The van der Waals surface area contributed by atoms with Crippen LogP contribution < -0.4 is 0 Å². The Bertz CT molecular complexity index is 755. The summed E-state index contributed by atoms with van der Waals surface area (Å²) in [7, 11) is 0. The molecule has 0 spiro atoms. The summed E-state index contributed by atoms with van der Waals surface area (Å²) in [5, 5.41) is 20.6. The molecule has 1 saturated carbocycles. The van der Waals surface area contributed by atoms with Crippen LogP contribution in [0.4, 0.5) is 0 Å². The highest BCUT2D eigenvalue weighted by molar-refractivity contribution is 6.12. The van der Waals surface area contributed by atoms with Gasteiger partial charge in [-0.1, -0.05) is 6.92 Å². The number of Topliss-reactive ketones (excluding diaryl/α,β-unsaturated/α-hetero) is 2. The van der Waals surface area contributed by atoms with Gasteiger partial charge in [0.2, 0.25) is 5.78 Å². The molecule has 0 saturated heterocycles. The fourth-order valence-corrected chi connectivity index (χ4v) is 4.04. The summed E-state index contributed by atoms with van der Waals surface area (Å²) in [6.45, 7) is 7.16. The van der Waals surface area contributed by atoms with E-state index in [0.29, 0.717) is 35.1 Å². The molecule has 0 radical (unpaired) electrons. The Kier molecular flexibility index (Phi) is 2.84. The standard InChI is InChI=1S/C18H20O4/c1-9-7-10-11(8-12(9)19)18(4)6-5-13(20)17(2,3)16(18)15(22)14(10)21/h7-8,19,22H,5-6H2,1-4H3/t18-/m1/s1. The van der Waals surface area contributed by atoms with Gasteiger partial charge in [-0.05, 0) is 56.0 Å². The van der Waals surface area contributed by atoms with Gasteiger partial charge in [0.25, 0.3) is 0 Å². The van der Waals surface area contributed by atoms with Crippen molar-refractivity contribution in [3.8, 4) is 5.75 Å². The van der Waals surface area contributed by atoms with Crippen molar-refractivity contribution >= 4 is 11.6 Å². The second kappa shape index (κ2) is 4.22. The lowest BCUT2D eigenvalue weighted by molar-refractivity contribution is -0.127. The van der Waals surface area contributed by atoms with Gasteiger partial charge in [0.05, 0.1) is 0 Å². The topological polar surface area (TPSA) is 74.6 Å². The minimum absolute atomic E-state index is 0.0270. The van der Waals surface area contributed by atoms with E-state index in [1.165, 1.54) is 0 Å². The van der Waals surface area contributed by atoms with Crippen LogP contribution in [0.25, 0.3) is 0 Å². The first-order valence-electron chi connectivity index (χ1n) is 7.47. The Morgan fingerprint density at radius 3 is 2.36 bits per heavy atom. The third kappa shape index (κ3) is 1.64. The Hall–Kier alpha value is -2.10. The molecule has 2 aliphatic carbocycles. The van der Waals surface area contributed by atoms with Crippen molar-refractivity contribution in [2.24, 2.45) is 5.41 Å². The van der Waals surface area contributed by atoms with E-state index in [-0.39, 0.29) is 17.3 Å². The molecule has 22 heavy (non-hydrogen) atoms. The van der Waals surface area contributed by atoms with Crippen LogP contribution in [0.1, 0.15) is 55.1 Å². The number of carbonyl (C=O) groups is 2. The van der Waals surface area contributed by atoms with Gasteiger partial charge >= 0.3 is 0 Å². The van der Waals surface area contributed by atoms with Gasteiger partial charge in [0, 0.05) is 22.8 Å². The maximum absolute atomic E-state index is 12.6. The van der Waals surface area contributed by atoms with Crippen molar-refractivity contribution in [1.29, 1.82) is 0 Å². The Balaban J connectivity index is 2.37. The quantitative estimate of drug-likeness (QED) is 0.770. The first kappa shape index (κ1) is 14.8. The maximum Gasteiger partial charge on any atom is 0.227 e. The molecule has 2 N–H and O–H groups in total. The number of aliphatic hydroxyl groups excluding tert-OH is 1. The van der Waals surface area contributed by atoms with Crippen LogP contribution in [0.15, 0.2) is 23.5 Å². The molecule has 1 fully saturated rings. The van der Waals surface area contributed by atoms with E-state index in [0.717, 1.165) is 0 Å². The number of fused-ring (bicyclic) bond motifs is 3. The number of aryl methyl sites for hydroxylation is 1. The predicted octanol–water partition coefficient (Wildman–Crippen LogP) is 3.36. The molecule has 1 aromatic carbocycles. The molecule has 4 nitrogen and oxygen atoms in total. The lowest BCUT2D eigenvalue weighted by Crippen LogP contribution is -2.47. The van der Waals surface area contributed by atoms with Gasteiger partial charge in [-0.15, -0.1) is 0 Å². The summed E-state index contributed by atoms with van der Waals surface area (Å²) in [6.07, 6.45) is 0.917. The molecule has 0 aromatic heterocycles. The third-order valence-electron chi connectivity index (χ3n) is 5.35. The minimum Gasteiger partial charge on any atom is -0.508 e. The number of rotatable bonds is 0. The number of hydrogen-bond acceptors (Lipinski definition) is 4. The summed E-state index contributed by atoms with van der Waals surface area (Å²) in [5.41, 5.74) is 0.703. The Labute approximate surface area is 129 Å². The molecule has 1 atom stereocenters. The number of hydrogen-bond donors (Lipinski definition) is 2. The highest BCUT2D eigenvalue weighted by Gasteiger charge is 2.53. The van der Waals surface area contributed by atoms with Gasteiger partial charge < -0.3 is 10.2 Å². The SMILES string of the molecule is Cc1cc2c(cc1O)[C@@]1(C)CCC(=O)C(C)(C)C1=C(O)C2=O.